The first-order chi connectivity index (χ1) is 18.1. The molecule has 6 nitrogen and oxygen atoms in total. The third-order valence-electron chi connectivity index (χ3n) is 6.52. The molecule has 0 radical (unpaired) electrons. The second-order valence-corrected chi connectivity index (χ2v) is 9.24. The molecule has 0 aliphatic rings. The average molecular weight is 518 g/mol. The molecular weight excluding hydrogens is 486 g/mol. The molecule has 0 saturated heterocycles. The quantitative estimate of drug-likeness (QED) is 0.231. The molecule has 1 aromatic heterocycles. The van der Waals surface area contributed by atoms with Crippen LogP contribution in [0.25, 0.3) is 16.6 Å². The van der Waals surface area contributed by atoms with Gasteiger partial charge in [-0.1, -0.05) is 49.4 Å². The van der Waals surface area contributed by atoms with Crippen molar-refractivity contribution >= 4 is 28.4 Å². The van der Waals surface area contributed by atoms with Gasteiger partial charge in [0.15, 0.2) is 0 Å². The normalized spacial score (nSPS) is 11.9. The van der Waals surface area contributed by atoms with Gasteiger partial charge in [0.1, 0.15) is 11.6 Å². The number of para-hydroxylation sites is 1. The highest BCUT2D eigenvalue weighted by molar-refractivity contribution is 6.17. The molecule has 0 aliphatic carbocycles. The zero-order valence-corrected chi connectivity index (χ0v) is 22.0. The summed E-state index contributed by atoms with van der Waals surface area (Å²) < 4.78 is 6.96. The highest BCUT2D eigenvalue weighted by Gasteiger charge is 2.28. The molecule has 1 amide bonds. The molecule has 0 saturated carbocycles. The number of halogens is 1. The summed E-state index contributed by atoms with van der Waals surface area (Å²) in [4.78, 5) is 34.2. The summed E-state index contributed by atoms with van der Waals surface area (Å²) in [6, 6.07) is 24.4. The van der Waals surface area contributed by atoms with E-state index in [4.69, 9.17) is 21.3 Å². The van der Waals surface area contributed by atoms with Crippen LogP contribution in [0.1, 0.15) is 43.6 Å². The van der Waals surface area contributed by atoms with Crippen molar-refractivity contribution < 1.29 is 9.53 Å². The highest BCUT2D eigenvalue weighted by Crippen LogP contribution is 2.28. The van der Waals surface area contributed by atoms with Crippen LogP contribution >= 0.6 is 11.6 Å². The molecule has 7 heteroatoms. The number of nitrogens with zero attached hydrogens (tertiary/aromatic N) is 3. The number of amides is 1. The van der Waals surface area contributed by atoms with Crippen molar-refractivity contribution in [2.45, 2.75) is 38.6 Å². The van der Waals surface area contributed by atoms with Crippen molar-refractivity contribution in [1.82, 2.24) is 14.5 Å². The molecule has 1 unspecified atom stereocenters. The first-order valence-electron chi connectivity index (χ1n) is 12.6. The topological polar surface area (TPSA) is 64.4 Å². The fraction of sp³-hybridized carbons (Fsp3) is 0.300. The largest absolute Gasteiger partial charge is 0.497 e. The highest BCUT2D eigenvalue weighted by atomic mass is 35.5. The van der Waals surface area contributed by atoms with Gasteiger partial charge in [-0.25, -0.2) is 4.98 Å². The predicted molar refractivity (Wildman–Crippen MR) is 149 cm³/mol. The number of alkyl halides is 1. The van der Waals surface area contributed by atoms with Crippen LogP contribution in [0, 0.1) is 0 Å². The lowest BCUT2D eigenvalue weighted by Crippen LogP contribution is -2.39. The van der Waals surface area contributed by atoms with E-state index < -0.39 is 6.04 Å². The third kappa shape index (κ3) is 6.03. The number of hydrogen-bond donors (Lipinski definition) is 0. The van der Waals surface area contributed by atoms with Crippen molar-refractivity contribution in [3.8, 4) is 11.4 Å². The number of benzene rings is 3. The third-order valence-corrected chi connectivity index (χ3v) is 6.79. The second-order valence-electron chi connectivity index (χ2n) is 8.87. The van der Waals surface area contributed by atoms with Gasteiger partial charge in [-0.3, -0.25) is 14.2 Å². The van der Waals surface area contributed by atoms with Gasteiger partial charge in [0.2, 0.25) is 5.91 Å². The van der Waals surface area contributed by atoms with Crippen molar-refractivity contribution in [2.24, 2.45) is 0 Å². The average Bonchev–Trinajstić information content (AvgIpc) is 2.94. The lowest BCUT2D eigenvalue weighted by Gasteiger charge is -2.32. The molecule has 37 heavy (non-hydrogen) atoms. The van der Waals surface area contributed by atoms with Crippen LogP contribution in [0.3, 0.4) is 0 Å². The van der Waals surface area contributed by atoms with E-state index in [-0.39, 0.29) is 11.5 Å². The van der Waals surface area contributed by atoms with E-state index in [1.165, 1.54) is 0 Å². The molecular formula is C30H32ClN3O3. The maximum absolute atomic E-state index is 13.8. The molecule has 0 N–H and O–H groups in total. The van der Waals surface area contributed by atoms with Gasteiger partial charge >= 0.3 is 0 Å². The van der Waals surface area contributed by atoms with Gasteiger partial charge < -0.3 is 9.64 Å². The molecule has 4 aromatic rings. The van der Waals surface area contributed by atoms with E-state index in [1.54, 1.807) is 17.7 Å². The van der Waals surface area contributed by atoms with E-state index >= 15 is 0 Å². The molecule has 0 spiro atoms. The Morgan fingerprint density at radius 3 is 2.41 bits per heavy atom. The number of aromatic nitrogens is 2. The van der Waals surface area contributed by atoms with Gasteiger partial charge in [-0.2, -0.15) is 0 Å². The standard InChI is InChI=1S/C30H32ClN3O3/c1-3-27(33(28(35)14-9-20-31)21-19-22-10-5-4-6-11-22)29-32-26-13-8-7-12-25(26)30(36)34(29)23-15-17-24(37-2)18-16-23/h4-8,10-13,15-18,27H,3,9,14,19-21H2,1-2H3. The minimum absolute atomic E-state index is 0.00659. The first-order valence-corrected chi connectivity index (χ1v) is 13.2. The summed E-state index contributed by atoms with van der Waals surface area (Å²) >= 11 is 5.93. The molecule has 1 heterocycles. The fourth-order valence-corrected chi connectivity index (χ4v) is 4.74. The lowest BCUT2D eigenvalue weighted by atomic mass is 10.1. The number of carbonyl (C=O) groups is 1. The van der Waals surface area contributed by atoms with Gasteiger partial charge in [0, 0.05) is 18.8 Å². The van der Waals surface area contributed by atoms with Crippen LogP contribution in [0.2, 0.25) is 0 Å². The first kappa shape index (κ1) is 26.4. The van der Waals surface area contributed by atoms with Crippen molar-refractivity contribution in [1.29, 1.82) is 0 Å². The summed E-state index contributed by atoms with van der Waals surface area (Å²) in [6.45, 7) is 2.53. The Kier molecular flexibility index (Phi) is 8.96. The lowest BCUT2D eigenvalue weighted by molar-refractivity contribution is -0.134. The van der Waals surface area contributed by atoms with Crippen molar-refractivity contribution in [2.75, 3.05) is 19.5 Å². The predicted octanol–water partition coefficient (Wildman–Crippen LogP) is 5.94. The van der Waals surface area contributed by atoms with Gasteiger partial charge in [0.25, 0.3) is 5.56 Å². The second kappa shape index (κ2) is 12.5. The minimum Gasteiger partial charge on any atom is -0.497 e. The molecule has 0 aliphatic heterocycles. The molecule has 1 atom stereocenters. The van der Waals surface area contributed by atoms with Crippen LogP contribution in [0.15, 0.2) is 83.7 Å². The summed E-state index contributed by atoms with van der Waals surface area (Å²) in [5, 5.41) is 0.529. The van der Waals surface area contributed by atoms with Crippen LogP contribution in [0.5, 0.6) is 5.75 Å². The smallest absolute Gasteiger partial charge is 0.266 e. The van der Waals surface area contributed by atoms with Gasteiger partial charge in [-0.15, -0.1) is 11.6 Å². The molecule has 4 rings (SSSR count). The maximum atomic E-state index is 13.8. The SMILES string of the molecule is CCC(c1nc2ccccc2c(=O)n1-c1ccc(OC)cc1)N(CCc1ccccc1)C(=O)CCCCl. The molecule has 0 bridgehead atoms. The molecule has 0 fully saturated rings. The summed E-state index contributed by atoms with van der Waals surface area (Å²) in [5.41, 5.74) is 2.27. The number of rotatable bonds is 11. The number of hydrogen-bond acceptors (Lipinski definition) is 4. The van der Waals surface area contributed by atoms with Crippen LogP contribution in [-0.2, 0) is 11.2 Å². The zero-order valence-electron chi connectivity index (χ0n) is 21.3. The van der Waals surface area contributed by atoms with E-state index in [0.29, 0.717) is 66.3 Å². The Morgan fingerprint density at radius 2 is 1.73 bits per heavy atom. The summed E-state index contributed by atoms with van der Waals surface area (Å²) in [6.07, 6.45) is 2.23. The van der Waals surface area contributed by atoms with E-state index in [1.807, 2.05) is 72.5 Å². The minimum atomic E-state index is -0.397. The number of carbonyl (C=O) groups excluding carboxylic acids is 1. The fourth-order valence-electron chi connectivity index (χ4n) is 4.61. The Bertz CT molecular complexity index is 1390. The Morgan fingerprint density at radius 1 is 1.03 bits per heavy atom. The van der Waals surface area contributed by atoms with E-state index in [9.17, 15) is 9.59 Å². The Labute approximate surface area is 222 Å². The van der Waals surface area contributed by atoms with Crippen LogP contribution < -0.4 is 10.3 Å². The Hall–Kier alpha value is -3.64. The zero-order chi connectivity index (χ0) is 26.2. The Balaban J connectivity index is 1.85. The number of methoxy groups -OCH3 is 1. The van der Waals surface area contributed by atoms with E-state index in [0.717, 1.165) is 5.56 Å². The summed E-state index contributed by atoms with van der Waals surface area (Å²) in [5.74, 6) is 1.66. The summed E-state index contributed by atoms with van der Waals surface area (Å²) in [7, 11) is 1.61. The van der Waals surface area contributed by atoms with Crippen molar-refractivity contribution in [3.05, 3.63) is 101 Å². The van der Waals surface area contributed by atoms with Crippen molar-refractivity contribution in [3.63, 3.8) is 0 Å². The molecule has 192 valence electrons. The molecule has 3 aromatic carbocycles. The maximum Gasteiger partial charge on any atom is 0.266 e. The van der Waals surface area contributed by atoms with Crippen LogP contribution in [-0.4, -0.2) is 39.9 Å². The number of ether oxygens (including phenoxy) is 1. The number of fused-ring (bicyclic) bond motifs is 1. The van der Waals surface area contributed by atoms with Gasteiger partial charge in [0.05, 0.1) is 29.7 Å². The monoisotopic (exact) mass is 517 g/mol. The van der Waals surface area contributed by atoms with Gasteiger partial charge in [-0.05, 0) is 61.2 Å². The van der Waals surface area contributed by atoms with E-state index in [2.05, 4.69) is 12.1 Å². The van der Waals surface area contributed by atoms with Crippen LogP contribution in [0.4, 0.5) is 0 Å².